The third kappa shape index (κ3) is 5.99. The zero-order valence-corrected chi connectivity index (χ0v) is 37.7. The highest BCUT2D eigenvalue weighted by molar-refractivity contribution is 6.14. The van der Waals surface area contributed by atoms with Gasteiger partial charge in [-0.2, -0.15) is 0 Å². The van der Waals surface area contributed by atoms with Crippen molar-refractivity contribution in [3.63, 3.8) is 0 Å². The van der Waals surface area contributed by atoms with E-state index in [2.05, 4.69) is 227 Å². The van der Waals surface area contributed by atoms with Crippen LogP contribution in [0, 0.1) is 27.7 Å². The molecule has 9 aromatic carbocycles. The van der Waals surface area contributed by atoms with E-state index in [0.717, 1.165) is 78.0 Å². The van der Waals surface area contributed by atoms with Crippen molar-refractivity contribution in [1.29, 1.82) is 0 Å². The first-order chi connectivity index (χ1) is 32.9. The van der Waals surface area contributed by atoms with Crippen LogP contribution >= 0.6 is 0 Å². The van der Waals surface area contributed by atoms with Gasteiger partial charge in [-0.15, -0.1) is 0 Å². The van der Waals surface area contributed by atoms with Gasteiger partial charge in [-0.1, -0.05) is 132 Å². The normalized spacial score (nSPS) is 11.9. The number of nitrogens with zero attached hydrogens (tertiary/aromatic N) is 6. The smallest absolute Gasteiger partial charge is 0.163 e. The van der Waals surface area contributed by atoms with Crippen LogP contribution in [-0.4, -0.2) is 28.7 Å². The standard InChI is InChI=1S/C61H44N6/c1-37-29-31-58-48(33-37)49-34-38(2)30-32-59(49)67(58)60-50(46-21-9-15-27-56(46)65-52-23-11-5-17-42(52)43-18-6-12-24-53(43)65)35-41(61-63-39(3)62-40(4)64-61)36-51(60)47-22-10-16-28-57(47)66-54-25-13-7-19-44(54)45-20-8-14-26-55(45)66/h5-36H,1-4H3. The maximum Gasteiger partial charge on any atom is 0.163 e. The van der Waals surface area contributed by atoms with E-state index in [1.165, 1.54) is 43.4 Å². The molecule has 13 rings (SSSR count). The van der Waals surface area contributed by atoms with Gasteiger partial charge < -0.3 is 13.7 Å². The molecular weight excluding hydrogens is 817 g/mol. The summed E-state index contributed by atoms with van der Waals surface area (Å²) in [5.41, 5.74) is 17.7. The number of aromatic nitrogens is 6. The fraction of sp³-hybridized carbons (Fsp3) is 0.0656. The number of hydrogen-bond donors (Lipinski definition) is 0. The molecule has 0 atom stereocenters. The fourth-order valence-electron chi connectivity index (χ4n) is 10.8. The zero-order valence-electron chi connectivity index (χ0n) is 37.7. The van der Waals surface area contributed by atoms with Crippen LogP contribution in [0.25, 0.3) is 116 Å². The Morgan fingerprint density at radius 2 is 0.657 bits per heavy atom. The molecule has 6 nitrogen and oxygen atoms in total. The summed E-state index contributed by atoms with van der Waals surface area (Å²) in [6, 6.07) is 71.2. The quantitative estimate of drug-likeness (QED) is 0.167. The van der Waals surface area contributed by atoms with Crippen molar-refractivity contribution in [3.05, 3.63) is 217 Å². The minimum atomic E-state index is 0.635. The first-order valence-electron chi connectivity index (χ1n) is 22.9. The van der Waals surface area contributed by atoms with Crippen LogP contribution in [0.1, 0.15) is 22.8 Å². The summed E-state index contributed by atoms with van der Waals surface area (Å²) in [6.07, 6.45) is 0. The Bertz CT molecular complexity index is 3800. The van der Waals surface area contributed by atoms with Crippen LogP contribution in [0.3, 0.4) is 0 Å². The SMILES string of the molecule is Cc1ccc2c(c1)c1cc(C)ccc1n2-c1c(-c2ccccc2-n2c3ccccc3c3ccccc32)cc(-c2nc(C)nc(C)n2)cc1-c1ccccc1-n1c2ccccc2c2ccccc21. The lowest BCUT2D eigenvalue weighted by atomic mass is 9.90. The minimum absolute atomic E-state index is 0.635. The van der Waals surface area contributed by atoms with Gasteiger partial charge >= 0.3 is 0 Å². The van der Waals surface area contributed by atoms with E-state index in [1.807, 2.05) is 13.8 Å². The van der Waals surface area contributed by atoms with Crippen LogP contribution in [0.15, 0.2) is 194 Å². The monoisotopic (exact) mass is 860 g/mol. The first-order valence-corrected chi connectivity index (χ1v) is 22.9. The summed E-state index contributed by atoms with van der Waals surface area (Å²) in [4.78, 5) is 14.7. The second-order valence-electron chi connectivity index (χ2n) is 17.8. The number of fused-ring (bicyclic) bond motifs is 9. The Morgan fingerprint density at radius 3 is 1.07 bits per heavy atom. The van der Waals surface area contributed by atoms with Crippen molar-refractivity contribution in [2.75, 3.05) is 0 Å². The molecular formula is C61H44N6. The predicted molar refractivity (Wildman–Crippen MR) is 278 cm³/mol. The van der Waals surface area contributed by atoms with Gasteiger partial charge in [0.1, 0.15) is 11.6 Å². The molecule has 6 heteroatoms. The Balaban J connectivity index is 1.24. The third-order valence-electron chi connectivity index (χ3n) is 13.6. The molecule has 0 unspecified atom stereocenters. The summed E-state index contributed by atoms with van der Waals surface area (Å²) in [7, 11) is 0. The minimum Gasteiger partial charge on any atom is -0.309 e. The highest BCUT2D eigenvalue weighted by Gasteiger charge is 2.27. The first kappa shape index (κ1) is 38.8. The molecule has 0 aliphatic carbocycles. The molecule has 0 N–H and O–H groups in total. The maximum atomic E-state index is 5.05. The largest absolute Gasteiger partial charge is 0.309 e. The lowest BCUT2D eigenvalue weighted by Gasteiger charge is -2.24. The van der Waals surface area contributed by atoms with Crippen molar-refractivity contribution in [2.24, 2.45) is 0 Å². The molecule has 0 fully saturated rings. The number of hydrogen-bond acceptors (Lipinski definition) is 3. The number of rotatable bonds is 6. The molecule has 0 spiro atoms. The topological polar surface area (TPSA) is 53.5 Å². The average molecular weight is 861 g/mol. The second-order valence-corrected chi connectivity index (χ2v) is 17.8. The van der Waals surface area contributed by atoms with E-state index < -0.39 is 0 Å². The Labute approximate surface area is 387 Å². The molecule has 0 amide bonds. The molecule has 13 aromatic rings. The second kappa shape index (κ2) is 15.0. The summed E-state index contributed by atoms with van der Waals surface area (Å²) in [5, 5.41) is 7.29. The van der Waals surface area contributed by atoms with Crippen molar-refractivity contribution in [1.82, 2.24) is 28.7 Å². The molecule has 0 saturated heterocycles. The van der Waals surface area contributed by atoms with Crippen LogP contribution in [0.2, 0.25) is 0 Å². The predicted octanol–water partition coefficient (Wildman–Crippen LogP) is 15.4. The van der Waals surface area contributed by atoms with Gasteiger partial charge in [0.25, 0.3) is 0 Å². The van der Waals surface area contributed by atoms with Gasteiger partial charge in [-0.3, -0.25) is 0 Å². The van der Waals surface area contributed by atoms with Gasteiger partial charge in [-0.05, 0) is 100 Å². The highest BCUT2D eigenvalue weighted by Crippen LogP contribution is 2.48. The fourth-order valence-corrected chi connectivity index (χ4v) is 10.8. The van der Waals surface area contributed by atoms with E-state index in [4.69, 9.17) is 9.97 Å². The third-order valence-corrected chi connectivity index (χ3v) is 13.6. The van der Waals surface area contributed by atoms with E-state index in [9.17, 15) is 0 Å². The highest BCUT2D eigenvalue weighted by atomic mass is 15.0. The Kier molecular flexibility index (Phi) is 8.68. The molecule has 0 radical (unpaired) electrons. The molecule has 0 aliphatic heterocycles. The lowest BCUT2D eigenvalue weighted by Crippen LogP contribution is -2.06. The van der Waals surface area contributed by atoms with Crippen molar-refractivity contribution in [3.8, 4) is 50.7 Å². The van der Waals surface area contributed by atoms with E-state index in [-0.39, 0.29) is 0 Å². The number of para-hydroxylation sites is 6. The number of benzene rings is 9. The van der Waals surface area contributed by atoms with Crippen LogP contribution < -0.4 is 0 Å². The zero-order chi connectivity index (χ0) is 44.9. The van der Waals surface area contributed by atoms with Gasteiger partial charge in [0.15, 0.2) is 5.82 Å². The van der Waals surface area contributed by atoms with Crippen molar-refractivity contribution < 1.29 is 0 Å². The van der Waals surface area contributed by atoms with Crippen LogP contribution in [-0.2, 0) is 0 Å². The molecule has 0 saturated carbocycles. The molecule has 0 aliphatic rings. The Hall–Kier alpha value is -8.61. The van der Waals surface area contributed by atoms with Gasteiger partial charge in [0, 0.05) is 60.1 Å². The molecule has 4 heterocycles. The van der Waals surface area contributed by atoms with Crippen LogP contribution in [0.4, 0.5) is 0 Å². The van der Waals surface area contributed by atoms with E-state index in [0.29, 0.717) is 17.5 Å². The van der Waals surface area contributed by atoms with Gasteiger partial charge in [-0.25, -0.2) is 15.0 Å². The van der Waals surface area contributed by atoms with Gasteiger partial charge in [0.2, 0.25) is 0 Å². The van der Waals surface area contributed by atoms with Gasteiger partial charge in [0.05, 0.1) is 50.2 Å². The molecule has 4 aromatic heterocycles. The van der Waals surface area contributed by atoms with Crippen molar-refractivity contribution >= 4 is 65.4 Å². The Morgan fingerprint density at radius 1 is 0.299 bits per heavy atom. The molecule has 0 bridgehead atoms. The average Bonchev–Trinajstić information content (AvgIpc) is 3.98. The van der Waals surface area contributed by atoms with Crippen LogP contribution in [0.5, 0.6) is 0 Å². The maximum absolute atomic E-state index is 5.05. The summed E-state index contributed by atoms with van der Waals surface area (Å²) < 4.78 is 7.41. The number of aryl methyl sites for hydroxylation is 4. The van der Waals surface area contributed by atoms with Crippen molar-refractivity contribution in [2.45, 2.75) is 27.7 Å². The summed E-state index contributed by atoms with van der Waals surface area (Å²) in [6.45, 7) is 8.27. The molecule has 67 heavy (non-hydrogen) atoms. The van der Waals surface area contributed by atoms with E-state index >= 15 is 0 Å². The summed E-state index contributed by atoms with van der Waals surface area (Å²) >= 11 is 0. The molecule has 318 valence electrons. The lowest BCUT2D eigenvalue weighted by molar-refractivity contribution is 0.928. The van der Waals surface area contributed by atoms with E-state index in [1.54, 1.807) is 0 Å². The summed E-state index contributed by atoms with van der Waals surface area (Å²) in [5.74, 6) is 1.99.